The van der Waals surface area contributed by atoms with Crippen LogP contribution in [-0.4, -0.2) is 66.7 Å². The third-order valence-corrected chi connectivity index (χ3v) is 9.88. The van der Waals surface area contributed by atoms with Gasteiger partial charge >= 0.3 is 14.0 Å². The maximum Gasteiger partial charge on any atom is 0.378 e. The molecule has 3 heterocycles. The average Bonchev–Trinajstić information content (AvgIpc) is 3.21. The SMILES string of the molecule is [B]OC(=O)C1=C(CI)CS(=O)[C@@H]2[C@H](CC(=O)/C(=N/OC(C)(C)C(C)(C)C)c3csc(C)n3)C(=O)N12. The van der Waals surface area contributed by atoms with E-state index in [1.165, 1.54) is 11.3 Å². The van der Waals surface area contributed by atoms with Crippen LogP contribution in [0.2, 0.25) is 0 Å². The van der Waals surface area contributed by atoms with Crippen LogP contribution in [0.4, 0.5) is 0 Å². The monoisotopic (exact) mass is 631 g/mol. The van der Waals surface area contributed by atoms with E-state index < -0.39 is 45.4 Å². The van der Waals surface area contributed by atoms with Crippen molar-refractivity contribution in [2.24, 2.45) is 16.5 Å². The van der Waals surface area contributed by atoms with Gasteiger partial charge in [-0.15, -0.1) is 11.3 Å². The number of aryl methyl sites for hydroxylation is 1. The van der Waals surface area contributed by atoms with Crippen molar-refractivity contribution in [2.45, 2.75) is 58.9 Å². The number of amides is 1. The molecule has 0 bridgehead atoms. The number of fused-ring (bicyclic) bond motifs is 1. The quantitative estimate of drug-likeness (QED) is 0.108. The zero-order valence-electron chi connectivity index (χ0n) is 20.4. The van der Waals surface area contributed by atoms with Gasteiger partial charge in [-0.05, 0) is 26.3 Å². The van der Waals surface area contributed by atoms with Gasteiger partial charge in [0.1, 0.15) is 22.4 Å². The second-order valence-electron chi connectivity index (χ2n) is 9.89. The van der Waals surface area contributed by atoms with Crippen molar-refractivity contribution in [1.29, 1.82) is 0 Å². The second kappa shape index (κ2) is 10.4. The maximum atomic E-state index is 13.4. The molecule has 13 heteroatoms. The fourth-order valence-corrected chi connectivity index (χ4v) is 6.82. The topological polar surface area (TPSA) is 115 Å². The number of hydrogen-bond donors (Lipinski definition) is 0. The van der Waals surface area contributed by atoms with Crippen molar-refractivity contribution in [3.63, 3.8) is 0 Å². The van der Waals surface area contributed by atoms with E-state index in [-0.39, 0.29) is 29.0 Å². The zero-order valence-corrected chi connectivity index (χ0v) is 24.2. The van der Waals surface area contributed by atoms with E-state index in [9.17, 15) is 18.6 Å². The van der Waals surface area contributed by atoms with E-state index in [4.69, 9.17) is 12.9 Å². The molecule has 1 unspecified atom stereocenters. The molecule has 1 aromatic heterocycles. The van der Waals surface area contributed by atoms with Gasteiger partial charge < -0.3 is 9.49 Å². The van der Waals surface area contributed by atoms with Crippen molar-refractivity contribution < 1.29 is 28.1 Å². The Labute approximate surface area is 226 Å². The van der Waals surface area contributed by atoms with Crippen LogP contribution in [-0.2, 0) is 34.7 Å². The summed E-state index contributed by atoms with van der Waals surface area (Å²) in [5, 5.41) is 5.83. The lowest BCUT2D eigenvalue weighted by Crippen LogP contribution is -2.66. The number of aromatic nitrogens is 1. The maximum absolute atomic E-state index is 13.4. The number of β-lactam (4-membered cyclic amide) rings is 1. The summed E-state index contributed by atoms with van der Waals surface area (Å²) in [5.41, 5.74) is -0.0794. The third kappa shape index (κ3) is 5.41. The fraction of sp³-hybridized carbons (Fsp3) is 0.591. The van der Waals surface area contributed by atoms with Gasteiger partial charge in [-0.2, -0.15) is 0 Å². The predicted molar refractivity (Wildman–Crippen MR) is 143 cm³/mol. The molecule has 0 spiro atoms. The Bertz CT molecular complexity index is 1140. The molecule has 0 saturated carbocycles. The van der Waals surface area contributed by atoms with E-state index in [2.05, 4.69) is 14.8 Å². The molecular weight excluding hydrogens is 604 g/mol. The minimum Gasteiger partial charge on any atom is -0.539 e. The smallest absolute Gasteiger partial charge is 0.378 e. The number of halogens is 1. The summed E-state index contributed by atoms with van der Waals surface area (Å²) in [6, 6.07) is 0. The summed E-state index contributed by atoms with van der Waals surface area (Å²) in [5.74, 6) is -2.58. The molecular formula is C22H27BIN3O6S2. The van der Waals surface area contributed by atoms with Crippen molar-refractivity contribution in [2.75, 3.05) is 10.2 Å². The normalized spacial score (nSPS) is 23.1. The molecule has 3 atom stereocenters. The van der Waals surface area contributed by atoms with E-state index in [0.29, 0.717) is 15.7 Å². The molecule has 0 aliphatic carbocycles. The first kappa shape index (κ1) is 28.0. The Morgan fingerprint density at radius 3 is 2.51 bits per heavy atom. The molecule has 3 rings (SSSR count). The van der Waals surface area contributed by atoms with Gasteiger partial charge in [0.05, 0.1) is 10.9 Å². The van der Waals surface area contributed by atoms with E-state index in [1.54, 1.807) is 5.38 Å². The summed E-state index contributed by atoms with van der Waals surface area (Å²) in [7, 11) is 3.57. The number of thiazole rings is 1. The van der Waals surface area contributed by atoms with Crippen LogP contribution in [0, 0.1) is 18.3 Å². The molecule has 2 aliphatic rings. The summed E-state index contributed by atoms with van der Waals surface area (Å²) in [6.45, 7) is 11.6. The van der Waals surface area contributed by atoms with Gasteiger partial charge in [0.25, 0.3) is 0 Å². The number of alkyl halides is 1. The van der Waals surface area contributed by atoms with E-state index in [0.717, 1.165) is 9.91 Å². The van der Waals surface area contributed by atoms with Crippen LogP contribution >= 0.6 is 33.9 Å². The predicted octanol–water partition coefficient (Wildman–Crippen LogP) is 2.82. The minimum absolute atomic E-state index is 0.00426. The van der Waals surface area contributed by atoms with E-state index >= 15 is 0 Å². The second-order valence-corrected chi connectivity index (χ2v) is 13.3. The Hall–Kier alpha value is -1.61. The van der Waals surface area contributed by atoms with Gasteiger partial charge in [0, 0.05) is 38.2 Å². The van der Waals surface area contributed by atoms with Crippen molar-refractivity contribution in [1.82, 2.24) is 9.88 Å². The Kier molecular flexibility index (Phi) is 8.32. The zero-order chi connectivity index (χ0) is 26.3. The molecule has 2 aliphatic heterocycles. The highest BCUT2D eigenvalue weighted by Crippen LogP contribution is 2.41. The summed E-state index contributed by atoms with van der Waals surface area (Å²) in [4.78, 5) is 50.1. The fourth-order valence-electron chi connectivity index (χ4n) is 3.45. The molecule has 1 saturated heterocycles. The molecule has 0 aromatic carbocycles. The number of oxime groups is 1. The van der Waals surface area contributed by atoms with Crippen LogP contribution < -0.4 is 0 Å². The van der Waals surface area contributed by atoms with Crippen LogP contribution in [0.1, 0.15) is 51.7 Å². The lowest BCUT2D eigenvalue weighted by molar-refractivity contribution is -0.153. The van der Waals surface area contributed by atoms with Crippen molar-refractivity contribution in [3.8, 4) is 0 Å². The van der Waals surface area contributed by atoms with Crippen molar-refractivity contribution in [3.05, 3.63) is 27.4 Å². The largest absolute Gasteiger partial charge is 0.539 e. The van der Waals surface area contributed by atoms with Crippen LogP contribution in [0.5, 0.6) is 0 Å². The lowest BCUT2D eigenvalue weighted by atomic mass is 9.79. The highest BCUT2D eigenvalue weighted by atomic mass is 127. The lowest BCUT2D eigenvalue weighted by Gasteiger charge is -2.49. The molecule has 1 fully saturated rings. The molecule has 1 amide bonds. The first-order valence-electron chi connectivity index (χ1n) is 10.8. The Morgan fingerprint density at radius 1 is 1.34 bits per heavy atom. The van der Waals surface area contributed by atoms with Gasteiger partial charge in [-0.3, -0.25) is 18.7 Å². The molecule has 188 valence electrons. The summed E-state index contributed by atoms with van der Waals surface area (Å²) >= 11 is 3.39. The number of nitrogens with zero attached hydrogens (tertiary/aromatic N) is 3. The Morgan fingerprint density at radius 2 is 2.00 bits per heavy atom. The summed E-state index contributed by atoms with van der Waals surface area (Å²) < 4.78 is 17.7. The highest BCUT2D eigenvalue weighted by Gasteiger charge is 2.57. The van der Waals surface area contributed by atoms with Gasteiger partial charge in [0.2, 0.25) is 5.91 Å². The number of carbonyl (C=O) groups is 3. The minimum atomic E-state index is -1.49. The number of rotatable bonds is 8. The molecule has 2 radical (unpaired) electrons. The van der Waals surface area contributed by atoms with Gasteiger partial charge in [-0.25, -0.2) is 9.78 Å². The molecule has 35 heavy (non-hydrogen) atoms. The number of ketones is 1. The standard InChI is InChI=1S/C22H27BIN3O6S2/c1-11-25-14(9-34-11)16(26-33-22(5,6)21(2,3)4)15(28)7-13-18(29)27-17(20(30)32-23)12(8-24)10-35(31)19(13)27/h9,13,19H,7-8,10H2,1-6H3/b26-16+/t13-,19-,35?/m1/s1. The first-order chi connectivity index (χ1) is 16.2. The Balaban J connectivity index is 1.89. The molecule has 9 nitrogen and oxygen atoms in total. The van der Waals surface area contributed by atoms with Gasteiger partial charge in [0.15, 0.2) is 11.5 Å². The highest BCUT2D eigenvalue weighted by molar-refractivity contribution is 14.1. The first-order valence-corrected chi connectivity index (χ1v) is 14.6. The van der Waals surface area contributed by atoms with Crippen molar-refractivity contribution >= 4 is 76.1 Å². The van der Waals surface area contributed by atoms with Crippen LogP contribution in [0.15, 0.2) is 21.8 Å². The van der Waals surface area contributed by atoms with Crippen LogP contribution in [0.3, 0.4) is 0 Å². The number of carbonyl (C=O) groups excluding carboxylic acids is 3. The van der Waals surface area contributed by atoms with Gasteiger partial charge in [-0.1, -0.05) is 48.5 Å². The summed E-state index contributed by atoms with van der Waals surface area (Å²) in [6.07, 6.45) is -0.245. The third-order valence-electron chi connectivity index (χ3n) is 6.48. The molecule has 1 aromatic rings. The number of hydrogen-bond acceptors (Lipinski definition) is 9. The van der Waals surface area contributed by atoms with Crippen LogP contribution in [0.25, 0.3) is 0 Å². The number of Topliss-reactive ketones (excluding diaryl/α,β-unsaturated/α-hetero) is 1. The average molecular weight is 631 g/mol. The van der Waals surface area contributed by atoms with E-state index in [1.807, 2.05) is 64.1 Å². The molecule has 0 N–H and O–H groups in total.